The maximum absolute atomic E-state index is 13.2. The lowest BCUT2D eigenvalue weighted by molar-refractivity contribution is -0.111. The van der Waals surface area contributed by atoms with Crippen molar-refractivity contribution in [1.82, 2.24) is 4.72 Å². The summed E-state index contributed by atoms with van der Waals surface area (Å²) >= 11 is 1.25. The van der Waals surface area contributed by atoms with Crippen molar-refractivity contribution in [2.24, 2.45) is 0 Å². The number of halogens is 1. The molecule has 1 aromatic carbocycles. The second kappa shape index (κ2) is 4.77. The van der Waals surface area contributed by atoms with E-state index < -0.39 is 5.54 Å². The van der Waals surface area contributed by atoms with Gasteiger partial charge in [-0.1, -0.05) is 6.07 Å². The van der Waals surface area contributed by atoms with Crippen LogP contribution in [-0.2, 0) is 4.79 Å². The molecule has 0 saturated heterocycles. The summed E-state index contributed by atoms with van der Waals surface area (Å²) in [5.41, 5.74) is 0.0143. The molecule has 0 radical (unpaired) electrons. The van der Waals surface area contributed by atoms with Gasteiger partial charge in [-0.15, -0.1) is 0 Å². The number of aldehydes is 1. The lowest BCUT2D eigenvalue weighted by Crippen LogP contribution is -2.35. The van der Waals surface area contributed by atoms with Crippen LogP contribution in [0.5, 0.6) is 0 Å². The molecular formula is C11H14FNOS. The highest BCUT2D eigenvalue weighted by Gasteiger charge is 2.15. The summed E-state index contributed by atoms with van der Waals surface area (Å²) in [6.07, 6.45) is 0.824. The predicted molar refractivity (Wildman–Crippen MR) is 60.3 cm³/mol. The molecular weight excluding hydrogens is 213 g/mol. The van der Waals surface area contributed by atoms with Gasteiger partial charge >= 0.3 is 0 Å². The maximum Gasteiger partial charge on any atom is 0.140 e. The van der Waals surface area contributed by atoms with Crippen LogP contribution in [-0.4, -0.2) is 11.8 Å². The summed E-state index contributed by atoms with van der Waals surface area (Å²) in [6.45, 7) is 5.24. The first-order valence-corrected chi connectivity index (χ1v) is 5.43. The second-order valence-electron chi connectivity index (χ2n) is 3.95. The first kappa shape index (κ1) is 12.2. The van der Waals surface area contributed by atoms with Crippen LogP contribution >= 0.6 is 11.9 Å². The van der Waals surface area contributed by atoms with Gasteiger partial charge in [0.1, 0.15) is 12.1 Å². The van der Waals surface area contributed by atoms with Crippen LogP contribution in [0.25, 0.3) is 0 Å². The normalized spacial score (nSPS) is 11.5. The van der Waals surface area contributed by atoms with Crippen molar-refractivity contribution in [1.29, 1.82) is 0 Å². The van der Waals surface area contributed by atoms with Gasteiger partial charge in [0.2, 0.25) is 0 Å². The Balaban J connectivity index is 2.66. The highest BCUT2D eigenvalue weighted by atomic mass is 32.2. The summed E-state index contributed by atoms with van der Waals surface area (Å²) in [6, 6.07) is 4.98. The molecule has 15 heavy (non-hydrogen) atoms. The summed E-state index contributed by atoms with van der Waals surface area (Å²) in [4.78, 5) is 11.4. The van der Waals surface area contributed by atoms with E-state index in [1.807, 2.05) is 6.07 Å². The minimum Gasteiger partial charge on any atom is -0.301 e. The summed E-state index contributed by atoms with van der Waals surface area (Å²) in [5.74, 6) is -0.231. The standard InChI is InChI=1S/C11H14FNOS/c1-8-4-5-9(6-10(8)12)15-13-11(2,3)7-14/h4-7,13H,1-3H3. The quantitative estimate of drug-likeness (QED) is 0.633. The van der Waals surface area contributed by atoms with Gasteiger partial charge in [-0.25, -0.2) is 9.11 Å². The minimum atomic E-state index is -0.605. The van der Waals surface area contributed by atoms with Gasteiger partial charge in [0, 0.05) is 4.90 Å². The van der Waals surface area contributed by atoms with Crippen LogP contribution in [0.3, 0.4) is 0 Å². The van der Waals surface area contributed by atoms with Gasteiger partial charge in [0.15, 0.2) is 0 Å². The van der Waals surface area contributed by atoms with Crippen LogP contribution in [0, 0.1) is 12.7 Å². The van der Waals surface area contributed by atoms with Gasteiger partial charge < -0.3 is 4.79 Å². The van der Waals surface area contributed by atoms with E-state index >= 15 is 0 Å². The average Bonchev–Trinajstić information content (AvgIpc) is 2.20. The largest absolute Gasteiger partial charge is 0.301 e. The van der Waals surface area contributed by atoms with E-state index in [-0.39, 0.29) is 5.82 Å². The Labute approximate surface area is 93.4 Å². The van der Waals surface area contributed by atoms with E-state index in [9.17, 15) is 9.18 Å². The lowest BCUT2D eigenvalue weighted by Gasteiger charge is -2.17. The molecule has 0 spiro atoms. The zero-order chi connectivity index (χ0) is 11.5. The van der Waals surface area contributed by atoms with Gasteiger partial charge in [-0.3, -0.25) is 0 Å². The monoisotopic (exact) mass is 227 g/mol. The summed E-state index contributed by atoms with van der Waals surface area (Å²) in [5, 5.41) is 0. The Kier molecular flexibility index (Phi) is 3.88. The Hall–Kier alpha value is -0.870. The summed E-state index contributed by atoms with van der Waals surface area (Å²) in [7, 11) is 0. The highest BCUT2D eigenvalue weighted by Crippen LogP contribution is 2.20. The Morgan fingerprint density at radius 3 is 2.67 bits per heavy atom. The van der Waals surface area contributed by atoms with Crippen LogP contribution in [0.2, 0.25) is 0 Å². The molecule has 4 heteroatoms. The van der Waals surface area contributed by atoms with Gasteiger partial charge in [-0.2, -0.15) is 0 Å². The fourth-order valence-corrected chi connectivity index (χ4v) is 1.58. The van der Waals surface area contributed by atoms with Crippen molar-refractivity contribution in [2.75, 3.05) is 0 Å². The number of carbonyl (C=O) groups excluding carboxylic acids is 1. The van der Waals surface area contributed by atoms with E-state index in [1.54, 1.807) is 26.8 Å². The second-order valence-corrected chi connectivity index (χ2v) is 4.83. The van der Waals surface area contributed by atoms with Crippen LogP contribution in [0.1, 0.15) is 19.4 Å². The van der Waals surface area contributed by atoms with Gasteiger partial charge in [0.25, 0.3) is 0 Å². The third-order valence-electron chi connectivity index (χ3n) is 1.87. The van der Waals surface area contributed by atoms with E-state index in [1.165, 1.54) is 18.0 Å². The zero-order valence-electron chi connectivity index (χ0n) is 9.00. The number of rotatable bonds is 4. The molecule has 0 unspecified atom stereocenters. The van der Waals surface area contributed by atoms with E-state index in [2.05, 4.69) is 4.72 Å². The fourth-order valence-electron chi connectivity index (χ4n) is 0.852. The lowest BCUT2D eigenvalue weighted by atomic mass is 10.1. The number of aryl methyl sites for hydroxylation is 1. The summed E-state index contributed by atoms with van der Waals surface area (Å²) < 4.78 is 16.1. The van der Waals surface area contributed by atoms with Crippen molar-refractivity contribution in [3.63, 3.8) is 0 Å². The molecule has 0 aliphatic heterocycles. The van der Waals surface area contributed by atoms with E-state index in [0.29, 0.717) is 5.56 Å². The molecule has 1 N–H and O–H groups in total. The molecule has 0 aromatic heterocycles. The zero-order valence-corrected chi connectivity index (χ0v) is 9.82. The molecule has 0 fully saturated rings. The molecule has 0 aliphatic rings. The fraction of sp³-hybridized carbons (Fsp3) is 0.364. The number of hydrogen-bond acceptors (Lipinski definition) is 3. The first-order valence-electron chi connectivity index (χ1n) is 4.61. The molecule has 0 amide bonds. The smallest absolute Gasteiger partial charge is 0.140 e. The van der Waals surface area contributed by atoms with Crippen molar-refractivity contribution >= 4 is 18.2 Å². The molecule has 2 nitrogen and oxygen atoms in total. The topological polar surface area (TPSA) is 29.1 Å². The Morgan fingerprint density at radius 2 is 2.13 bits per heavy atom. The predicted octanol–water partition coefficient (Wildman–Crippen LogP) is 2.71. The third-order valence-corrected chi connectivity index (χ3v) is 2.99. The Morgan fingerprint density at radius 1 is 1.47 bits per heavy atom. The van der Waals surface area contributed by atoms with Gasteiger partial charge in [-0.05, 0) is 50.4 Å². The van der Waals surface area contributed by atoms with E-state index in [4.69, 9.17) is 0 Å². The molecule has 0 bridgehead atoms. The molecule has 0 aliphatic carbocycles. The molecule has 1 aromatic rings. The minimum absolute atomic E-state index is 0.231. The average molecular weight is 227 g/mol. The Bertz CT molecular complexity index is 366. The van der Waals surface area contributed by atoms with Crippen molar-refractivity contribution < 1.29 is 9.18 Å². The van der Waals surface area contributed by atoms with Crippen molar-refractivity contribution in [3.8, 4) is 0 Å². The van der Waals surface area contributed by atoms with Crippen LogP contribution in [0.15, 0.2) is 23.1 Å². The van der Waals surface area contributed by atoms with Crippen LogP contribution < -0.4 is 4.72 Å². The molecule has 82 valence electrons. The third kappa shape index (κ3) is 3.64. The SMILES string of the molecule is Cc1ccc(SNC(C)(C)C=O)cc1F. The van der Waals surface area contributed by atoms with Crippen molar-refractivity contribution in [2.45, 2.75) is 31.2 Å². The number of carbonyl (C=O) groups is 1. The molecule has 1 rings (SSSR count). The first-order chi connectivity index (χ1) is 6.94. The molecule has 0 saturated carbocycles. The van der Waals surface area contributed by atoms with Crippen molar-refractivity contribution in [3.05, 3.63) is 29.6 Å². The highest BCUT2D eigenvalue weighted by molar-refractivity contribution is 7.97. The maximum atomic E-state index is 13.2. The number of nitrogens with one attached hydrogen (secondary N) is 1. The molecule has 0 heterocycles. The molecule has 0 atom stereocenters. The number of benzene rings is 1. The van der Waals surface area contributed by atoms with E-state index in [0.717, 1.165) is 11.2 Å². The van der Waals surface area contributed by atoms with Gasteiger partial charge in [0.05, 0.1) is 5.54 Å². The van der Waals surface area contributed by atoms with Crippen LogP contribution in [0.4, 0.5) is 4.39 Å². The number of hydrogen-bond donors (Lipinski definition) is 1.